The summed E-state index contributed by atoms with van der Waals surface area (Å²) < 4.78 is 2.06. The molecule has 6 heteroatoms. The van der Waals surface area contributed by atoms with Gasteiger partial charge in [-0.2, -0.15) is 0 Å². The van der Waals surface area contributed by atoms with Gasteiger partial charge in [0.2, 0.25) is 0 Å². The summed E-state index contributed by atoms with van der Waals surface area (Å²) in [5, 5.41) is 7.23. The fraction of sp³-hybridized carbons (Fsp3) is 0.333. The second-order valence-corrected chi connectivity index (χ2v) is 8.25. The summed E-state index contributed by atoms with van der Waals surface area (Å²) in [5.74, 6) is 0.0481. The molecule has 0 aliphatic carbocycles. The van der Waals surface area contributed by atoms with Crippen molar-refractivity contribution in [3.8, 4) is 0 Å². The summed E-state index contributed by atoms with van der Waals surface area (Å²) >= 11 is 6.13. The van der Waals surface area contributed by atoms with E-state index in [1.807, 2.05) is 24.3 Å². The molecule has 158 valence electrons. The zero-order valence-electron chi connectivity index (χ0n) is 17.7. The van der Waals surface area contributed by atoms with E-state index < -0.39 is 0 Å². The van der Waals surface area contributed by atoms with Gasteiger partial charge in [-0.1, -0.05) is 50.9 Å². The van der Waals surface area contributed by atoms with Gasteiger partial charge in [-0.3, -0.25) is 9.59 Å². The Bertz CT molecular complexity index is 1060. The minimum Gasteiger partial charge on any atom is -0.351 e. The highest BCUT2D eigenvalue weighted by Crippen LogP contribution is 2.25. The lowest BCUT2D eigenvalue weighted by molar-refractivity contribution is 0.0939. The molecule has 2 amide bonds. The van der Waals surface area contributed by atoms with E-state index in [-0.39, 0.29) is 11.8 Å². The summed E-state index contributed by atoms with van der Waals surface area (Å²) in [5.41, 5.74) is 2.71. The first-order valence-electron chi connectivity index (χ1n) is 10.4. The number of halogens is 1. The third kappa shape index (κ3) is 5.03. The van der Waals surface area contributed by atoms with Gasteiger partial charge in [0.15, 0.2) is 0 Å². The lowest BCUT2D eigenvalue weighted by Crippen LogP contribution is -2.29. The fourth-order valence-corrected chi connectivity index (χ4v) is 3.55. The lowest BCUT2D eigenvalue weighted by Gasteiger charge is -2.12. The number of hydrogen-bond acceptors (Lipinski definition) is 2. The van der Waals surface area contributed by atoms with Crippen LogP contribution < -0.4 is 10.6 Å². The van der Waals surface area contributed by atoms with Crippen LogP contribution in [0, 0.1) is 5.92 Å². The van der Waals surface area contributed by atoms with Gasteiger partial charge < -0.3 is 15.2 Å². The highest BCUT2D eigenvalue weighted by Gasteiger charge is 2.17. The van der Waals surface area contributed by atoms with Crippen molar-refractivity contribution in [2.75, 3.05) is 11.9 Å². The van der Waals surface area contributed by atoms with Crippen LogP contribution in [0.1, 0.15) is 54.5 Å². The van der Waals surface area contributed by atoms with Crippen molar-refractivity contribution in [2.45, 2.75) is 40.2 Å². The molecule has 0 spiro atoms. The van der Waals surface area contributed by atoms with E-state index in [4.69, 9.17) is 11.6 Å². The van der Waals surface area contributed by atoms with Crippen molar-refractivity contribution < 1.29 is 9.59 Å². The van der Waals surface area contributed by atoms with Crippen LogP contribution in [0.2, 0.25) is 5.02 Å². The maximum atomic E-state index is 12.8. The van der Waals surface area contributed by atoms with Crippen LogP contribution in [0.15, 0.2) is 48.5 Å². The van der Waals surface area contributed by atoms with Crippen LogP contribution in [0.4, 0.5) is 5.69 Å². The number of aromatic nitrogens is 1. The third-order valence-corrected chi connectivity index (χ3v) is 5.25. The normalized spacial score (nSPS) is 11.1. The number of nitrogens with one attached hydrogen (secondary N) is 2. The Morgan fingerprint density at radius 2 is 1.83 bits per heavy atom. The standard InChI is InChI=1S/C24H28ClN3O2/c1-4-5-12-28-21-11-10-18(27-23(29)19-8-6-7-9-20(19)25)13-17(21)14-22(28)24(30)26-15-16(2)3/h6-11,13-14,16H,4-5,12,15H2,1-3H3,(H,26,30)(H,27,29). The Hall–Kier alpha value is -2.79. The molecule has 30 heavy (non-hydrogen) atoms. The molecular formula is C24H28ClN3O2. The van der Waals surface area contributed by atoms with E-state index in [9.17, 15) is 9.59 Å². The van der Waals surface area contributed by atoms with Gasteiger partial charge in [0.05, 0.1) is 10.6 Å². The Morgan fingerprint density at radius 3 is 2.53 bits per heavy atom. The Morgan fingerprint density at radius 1 is 1.07 bits per heavy atom. The molecule has 0 saturated heterocycles. The summed E-state index contributed by atoms with van der Waals surface area (Å²) in [7, 11) is 0. The number of fused-ring (bicyclic) bond motifs is 1. The van der Waals surface area contributed by atoms with E-state index in [0.29, 0.717) is 34.4 Å². The molecular weight excluding hydrogens is 398 g/mol. The average Bonchev–Trinajstić information content (AvgIpc) is 3.08. The fourth-order valence-electron chi connectivity index (χ4n) is 3.33. The Balaban J connectivity index is 1.90. The second kappa shape index (κ2) is 9.81. The van der Waals surface area contributed by atoms with Crippen LogP contribution in [0.5, 0.6) is 0 Å². The molecule has 3 rings (SSSR count). The number of unbranched alkanes of at least 4 members (excludes halogenated alkanes) is 1. The van der Waals surface area contributed by atoms with Crippen molar-refractivity contribution in [3.05, 3.63) is 64.8 Å². The van der Waals surface area contributed by atoms with E-state index in [1.165, 1.54) is 0 Å². The molecule has 0 aliphatic rings. The molecule has 2 N–H and O–H groups in total. The van der Waals surface area contributed by atoms with Crippen LogP contribution in [0.3, 0.4) is 0 Å². The summed E-state index contributed by atoms with van der Waals surface area (Å²) in [6, 6.07) is 14.5. The minimum absolute atomic E-state index is 0.0716. The second-order valence-electron chi connectivity index (χ2n) is 7.85. The third-order valence-electron chi connectivity index (χ3n) is 4.92. The molecule has 2 aromatic carbocycles. The summed E-state index contributed by atoms with van der Waals surface area (Å²) in [6.07, 6.45) is 2.03. The highest BCUT2D eigenvalue weighted by molar-refractivity contribution is 6.34. The molecule has 5 nitrogen and oxygen atoms in total. The van der Waals surface area contributed by atoms with Crippen molar-refractivity contribution >= 4 is 40.0 Å². The monoisotopic (exact) mass is 425 g/mol. The number of carbonyl (C=O) groups is 2. The highest BCUT2D eigenvalue weighted by atomic mass is 35.5. The zero-order valence-corrected chi connectivity index (χ0v) is 18.4. The number of amides is 2. The van der Waals surface area contributed by atoms with Crippen molar-refractivity contribution in [3.63, 3.8) is 0 Å². The van der Waals surface area contributed by atoms with Crippen molar-refractivity contribution in [2.24, 2.45) is 5.92 Å². The van der Waals surface area contributed by atoms with Gasteiger partial charge in [0, 0.05) is 29.7 Å². The van der Waals surface area contributed by atoms with Crippen molar-refractivity contribution in [1.29, 1.82) is 0 Å². The minimum atomic E-state index is -0.264. The molecule has 1 aromatic heterocycles. The topological polar surface area (TPSA) is 63.1 Å². The number of benzene rings is 2. The molecule has 0 aliphatic heterocycles. The van der Waals surface area contributed by atoms with E-state index in [2.05, 4.69) is 36.0 Å². The predicted molar refractivity (Wildman–Crippen MR) is 123 cm³/mol. The maximum Gasteiger partial charge on any atom is 0.267 e. The number of nitrogens with zero attached hydrogens (tertiary/aromatic N) is 1. The molecule has 3 aromatic rings. The molecule has 0 saturated carbocycles. The van der Waals surface area contributed by atoms with Gasteiger partial charge in [-0.05, 0) is 48.7 Å². The zero-order chi connectivity index (χ0) is 21.7. The maximum absolute atomic E-state index is 12.8. The van der Waals surface area contributed by atoms with Crippen LogP contribution in [-0.4, -0.2) is 22.9 Å². The van der Waals surface area contributed by atoms with E-state index in [1.54, 1.807) is 24.3 Å². The number of rotatable bonds is 8. The predicted octanol–water partition coefficient (Wildman–Crippen LogP) is 5.73. The lowest BCUT2D eigenvalue weighted by atomic mass is 10.2. The number of carbonyl (C=O) groups excluding carboxylic acids is 2. The van der Waals surface area contributed by atoms with Crippen LogP contribution in [-0.2, 0) is 6.54 Å². The van der Waals surface area contributed by atoms with E-state index in [0.717, 1.165) is 30.3 Å². The number of aryl methyl sites for hydroxylation is 1. The number of hydrogen-bond donors (Lipinski definition) is 2. The molecule has 1 heterocycles. The van der Waals surface area contributed by atoms with Gasteiger partial charge in [0.25, 0.3) is 11.8 Å². The van der Waals surface area contributed by atoms with E-state index >= 15 is 0 Å². The molecule has 0 atom stereocenters. The molecule has 0 radical (unpaired) electrons. The smallest absolute Gasteiger partial charge is 0.267 e. The molecule has 0 unspecified atom stereocenters. The summed E-state index contributed by atoms with van der Waals surface area (Å²) in [4.78, 5) is 25.3. The molecule has 0 bridgehead atoms. The SMILES string of the molecule is CCCCn1c(C(=O)NCC(C)C)cc2cc(NC(=O)c3ccccc3Cl)ccc21. The van der Waals surface area contributed by atoms with Gasteiger partial charge in [0.1, 0.15) is 5.69 Å². The largest absolute Gasteiger partial charge is 0.351 e. The number of anilines is 1. The first-order valence-corrected chi connectivity index (χ1v) is 10.8. The quantitative estimate of drug-likeness (QED) is 0.483. The van der Waals surface area contributed by atoms with Gasteiger partial charge >= 0.3 is 0 Å². The van der Waals surface area contributed by atoms with Crippen molar-refractivity contribution in [1.82, 2.24) is 9.88 Å². The summed E-state index contributed by atoms with van der Waals surface area (Å²) in [6.45, 7) is 7.68. The first-order chi connectivity index (χ1) is 14.4. The van der Waals surface area contributed by atoms with Crippen LogP contribution >= 0.6 is 11.6 Å². The Kier molecular flexibility index (Phi) is 7.16. The average molecular weight is 426 g/mol. The molecule has 0 fully saturated rings. The Labute approximate surface area is 182 Å². The first kappa shape index (κ1) is 21.9. The van der Waals surface area contributed by atoms with Gasteiger partial charge in [-0.15, -0.1) is 0 Å². The van der Waals surface area contributed by atoms with Gasteiger partial charge in [-0.25, -0.2) is 0 Å². The van der Waals surface area contributed by atoms with Crippen LogP contribution in [0.25, 0.3) is 10.9 Å².